The molecule has 0 bridgehead atoms. The molecule has 0 aromatic heterocycles. The second kappa shape index (κ2) is 5.30. The number of anilines is 1. The third-order valence-corrected chi connectivity index (χ3v) is 3.85. The van der Waals surface area contributed by atoms with Crippen LogP contribution in [-0.4, -0.2) is 46.0 Å². The van der Waals surface area contributed by atoms with Crippen molar-refractivity contribution in [2.45, 2.75) is 6.04 Å². The highest BCUT2D eigenvalue weighted by Crippen LogP contribution is 2.19. The van der Waals surface area contributed by atoms with Gasteiger partial charge in [0.1, 0.15) is 6.04 Å². The van der Waals surface area contributed by atoms with Gasteiger partial charge in [0.2, 0.25) is 0 Å². The number of nitrogens with zero attached hydrogens (tertiary/aromatic N) is 1. The average molecular weight is 266 g/mol. The first kappa shape index (κ1) is 12.8. The third kappa shape index (κ3) is 2.59. The molecule has 1 aliphatic heterocycles. The summed E-state index contributed by atoms with van der Waals surface area (Å²) in [5.41, 5.74) is 6.61. The fourth-order valence-electron chi connectivity index (χ4n) is 1.84. The fourth-order valence-corrected chi connectivity index (χ4v) is 2.88. The van der Waals surface area contributed by atoms with E-state index in [1.54, 1.807) is 36.0 Å². The van der Waals surface area contributed by atoms with Crippen molar-refractivity contribution in [3.63, 3.8) is 0 Å². The van der Waals surface area contributed by atoms with E-state index in [0.29, 0.717) is 23.5 Å². The Morgan fingerprint density at radius 3 is 2.61 bits per heavy atom. The molecular formula is C12H14N2O3S. The molecule has 1 aliphatic rings. The Bertz CT molecular complexity index is 461. The molecule has 1 fully saturated rings. The summed E-state index contributed by atoms with van der Waals surface area (Å²) in [6, 6.07) is 5.79. The van der Waals surface area contributed by atoms with E-state index in [4.69, 9.17) is 10.8 Å². The van der Waals surface area contributed by atoms with Crippen LogP contribution in [0.2, 0.25) is 0 Å². The van der Waals surface area contributed by atoms with Crippen LogP contribution in [0.5, 0.6) is 0 Å². The van der Waals surface area contributed by atoms with Gasteiger partial charge in [0.25, 0.3) is 5.91 Å². The number of benzene rings is 1. The van der Waals surface area contributed by atoms with E-state index in [1.165, 1.54) is 4.90 Å². The van der Waals surface area contributed by atoms with Crippen LogP contribution in [0.3, 0.4) is 0 Å². The molecule has 1 heterocycles. The summed E-state index contributed by atoms with van der Waals surface area (Å²) < 4.78 is 0. The maximum atomic E-state index is 12.2. The summed E-state index contributed by atoms with van der Waals surface area (Å²) in [5, 5.41) is 9.12. The van der Waals surface area contributed by atoms with Gasteiger partial charge < -0.3 is 15.7 Å². The van der Waals surface area contributed by atoms with Gasteiger partial charge in [-0.2, -0.15) is 11.8 Å². The summed E-state index contributed by atoms with van der Waals surface area (Å²) in [7, 11) is 0. The zero-order chi connectivity index (χ0) is 13.1. The number of carbonyl (C=O) groups excluding carboxylic acids is 1. The van der Waals surface area contributed by atoms with E-state index in [-0.39, 0.29) is 5.91 Å². The van der Waals surface area contributed by atoms with Gasteiger partial charge in [0.05, 0.1) is 0 Å². The predicted octanol–water partition coefficient (Wildman–Crippen LogP) is 0.911. The lowest BCUT2D eigenvalue weighted by Gasteiger charge is -2.32. The predicted molar refractivity (Wildman–Crippen MR) is 70.6 cm³/mol. The molecule has 3 N–H and O–H groups in total. The largest absolute Gasteiger partial charge is 0.480 e. The van der Waals surface area contributed by atoms with Crippen molar-refractivity contribution in [3.05, 3.63) is 29.8 Å². The second-order valence-electron chi connectivity index (χ2n) is 4.05. The molecule has 0 spiro atoms. The number of carboxylic acids is 1. The highest BCUT2D eigenvalue weighted by Gasteiger charge is 2.32. The van der Waals surface area contributed by atoms with Crippen molar-refractivity contribution in [3.8, 4) is 0 Å². The zero-order valence-electron chi connectivity index (χ0n) is 9.70. The zero-order valence-corrected chi connectivity index (χ0v) is 10.5. The molecule has 1 amide bonds. The first-order valence-corrected chi connectivity index (χ1v) is 6.72. The molecule has 2 rings (SSSR count). The lowest BCUT2D eigenvalue weighted by Crippen LogP contribution is -2.50. The number of nitrogen functional groups attached to an aromatic ring is 1. The van der Waals surface area contributed by atoms with E-state index in [0.717, 1.165) is 5.75 Å². The van der Waals surface area contributed by atoms with Crippen LogP contribution in [0.1, 0.15) is 10.4 Å². The van der Waals surface area contributed by atoms with Crippen molar-refractivity contribution in [2.75, 3.05) is 23.8 Å². The first-order chi connectivity index (χ1) is 8.59. The number of rotatable bonds is 2. The molecule has 1 aromatic rings. The maximum Gasteiger partial charge on any atom is 0.327 e. The molecule has 0 aliphatic carbocycles. The van der Waals surface area contributed by atoms with Crippen molar-refractivity contribution < 1.29 is 14.7 Å². The fraction of sp³-hybridized carbons (Fsp3) is 0.333. The summed E-state index contributed by atoms with van der Waals surface area (Å²) >= 11 is 1.56. The first-order valence-electron chi connectivity index (χ1n) is 5.56. The summed E-state index contributed by atoms with van der Waals surface area (Å²) in [6.45, 7) is 0.463. The molecule has 0 radical (unpaired) electrons. The quantitative estimate of drug-likeness (QED) is 0.777. The molecule has 1 unspecified atom stereocenters. The van der Waals surface area contributed by atoms with Gasteiger partial charge in [-0.15, -0.1) is 0 Å². The average Bonchev–Trinajstić information content (AvgIpc) is 2.39. The van der Waals surface area contributed by atoms with Crippen molar-refractivity contribution in [2.24, 2.45) is 0 Å². The minimum atomic E-state index is -0.953. The van der Waals surface area contributed by atoms with Crippen LogP contribution in [0.4, 0.5) is 5.69 Å². The van der Waals surface area contributed by atoms with Crippen LogP contribution in [0.25, 0.3) is 0 Å². The molecule has 1 aromatic carbocycles. The van der Waals surface area contributed by atoms with Gasteiger partial charge in [-0.3, -0.25) is 4.79 Å². The number of aliphatic carboxylic acids is 1. The Balaban J connectivity index is 2.20. The van der Waals surface area contributed by atoms with Gasteiger partial charge in [0.15, 0.2) is 0 Å². The van der Waals surface area contributed by atoms with Crippen LogP contribution >= 0.6 is 11.8 Å². The van der Waals surface area contributed by atoms with E-state index < -0.39 is 12.0 Å². The van der Waals surface area contributed by atoms with Crippen molar-refractivity contribution in [1.82, 2.24) is 4.90 Å². The Hall–Kier alpha value is -1.69. The minimum Gasteiger partial charge on any atom is -0.480 e. The number of hydrogen-bond donors (Lipinski definition) is 2. The van der Waals surface area contributed by atoms with E-state index in [1.807, 2.05) is 0 Å². The summed E-state index contributed by atoms with van der Waals surface area (Å²) in [6.07, 6.45) is 0. The van der Waals surface area contributed by atoms with Gasteiger partial charge in [-0.05, 0) is 24.3 Å². The Morgan fingerprint density at radius 2 is 2.00 bits per heavy atom. The van der Waals surface area contributed by atoms with Gasteiger partial charge in [-0.25, -0.2) is 4.79 Å². The van der Waals surface area contributed by atoms with E-state index in [2.05, 4.69) is 0 Å². The number of carboxylic acid groups (broad SMARTS) is 1. The topological polar surface area (TPSA) is 83.6 Å². The molecule has 1 atom stereocenters. The second-order valence-corrected chi connectivity index (χ2v) is 5.20. The molecule has 96 valence electrons. The summed E-state index contributed by atoms with van der Waals surface area (Å²) in [5.74, 6) is 0.00858. The van der Waals surface area contributed by atoms with Crippen LogP contribution < -0.4 is 5.73 Å². The van der Waals surface area contributed by atoms with Crippen LogP contribution in [0, 0.1) is 0 Å². The van der Waals surface area contributed by atoms with Crippen molar-refractivity contribution in [1.29, 1.82) is 0 Å². The highest BCUT2D eigenvalue weighted by molar-refractivity contribution is 7.99. The SMILES string of the molecule is Nc1ccc(C(=O)N2CCSCC2C(=O)O)cc1. The molecule has 0 saturated carbocycles. The Morgan fingerprint density at radius 1 is 1.33 bits per heavy atom. The lowest BCUT2D eigenvalue weighted by atomic mass is 10.1. The van der Waals surface area contributed by atoms with Crippen LogP contribution in [0.15, 0.2) is 24.3 Å². The molecule has 6 heteroatoms. The van der Waals surface area contributed by atoms with E-state index >= 15 is 0 Å². The number of hydrogen-bond acceptors (Lipinski definition) is 4. The highest BCUT2D eigenvalue weighted by atomic mass is 32.2. The number of nitrogens with two attached hydrogens (primary N) is 1. The smallest absolute Gasteiger partial charge is 0.327 e. The standard InChI is InChI=1S/C12H14N2O3S/c13-9-3-1-8(2-4-9)11(15)14-5-6-18-7-10(14)12(16)17/h1-4,10H,5-7,13H2,(H,16,17). The van der Waals surface area contributed by atoms with Crippen molar-refractivity contribution >= 4 is 29.3 Å². The molecule has 1 saturated heterocycles. The van der Waals surface area contributed by atoms with Crippen LogP contribution in [-0.2, 0) is 4.79 Å². The number of carbonyl (C=O) groups is 2. The molecular weight excluding hydrogens is 252 g/mol. The lowest BCUT2D eigenvalue weighted by molar-refractivity contribution is -0.141. The number of amides is 1. The minimum absolute atomic E-state index is 0.247. The van der Waals surface area contributed by atoms with Gasteiger partial charge >= 0.3 is 5.97 Å². The maximum absolute atomic E-state index is 12.2. The Labute approximate surface area is 109 Å². The van der Waals surface area contributed by atoms with E-state index in [9.17, 15) is 9.59 Å². The Kier molecular flexibility index (Phi) is 3.76. The summed E-state index contributed by atoms with van der Waals surface area (Å²) in [4.78, 5) is 24.8. The molecule has 18 heavy (non-hydrogen) atoms. The molecule has 5 nitrogen and oxygen atoms in total. The van der Waals surface area contributed by atoms with Gasteiger partial charge in [0, 0.05) is 29.3 Å². The van der Waals surface area contributed by atoms with Gasteiger partial charge in [-0.1, -0.05) is 0 Å². The monoisotopic (exact) mass is 266 g/mol. The third-order valence-electron chi connectivity index (χ3n) is 2.83. The number of thioether (sulfide) groups is 1. The normalized spacial score (nSPS) is 19.6.